The van der Waals surface area contributed by atoms with Gasteiger partial charge in [-0.3, -0.25) is 0 Å². The summed E-state index contributed by atoms with van der Waals surface area (Å²) in [4.78, 5) is 0. The summed E-state index contributed by atoms with van der Waals surface area (Å²) < 4.78 is 5.49. The average molecular weight is 219 g/mol. The molecule has 2 atom stereocenters. The molecule has 16 heavy (non-hydrogen) atoms. The van der Waals surface area contributed by atoms with Crippen LogP contribution < -0.4 is 10.1 Å². The minimum atomic E-state index is 0.478. The quantitative estimate of drug-likeness (QED) is 0.842. The van der Waals surface area contributed by atoms with Crippen molar-refractivity contribution in [2.24, 2.45) is 0 Å². The molecule has 0 saturated carbocycles. The van der Waals surface area contributed by atoms with Gasteiger partial charge in [0, 0.05) is 17.6 Å². The van der Waals surface area contributed by atoms with E-state index in [0.29, 0.717) is 18.0 Å². The number of benzene rings is 1. The summed E-state index contributed by atoms with van der Waals surface area (Å²) in [7, 11) is 1.75. The molecule has 1 fully saturated rings. The summed E-state index contributed by atoms with van der Waals surface area (Å²) in [5.74, 6) is 1.58. The van der Waals surface area contributed by atoms with Crippen molar-refractivity contribution in [1.82, 2.24) is 5.32 Å². The Morgan fingerprint density at radius 2 is 2.06 bits per heavy atom. The molecule has 1 aromatic carbocycles. The van der Waals surface area contributed by atoms with Gasteiger partial charge in [-0.25, -0.2) is 0 Å². The summed E-state index contributed by atoms with van der Waals surface area (Å²) >= 11 is 0. The van der Waals surface area contributed by atoms with Crippen LogP contribution in [0.3, 0.4) is 0 Å². The molecule has 0 bridgehead atoms. The number of ether oxygens (including phenoxy) is 1. The minimum absolute atomic E-state index is 0.478. The van der Waals surface area contributed by atoms with Gasteiger partial charge in [0.25, 0.3) is 0 Å². The zero-order chi connectivity index (χ0) is 11.7. The van der Waals surface area contributed by atoms with Crippen LogP contribution in [0, 0.1) is 0 Å². The van der Waals surface area contributed by atoms with Crippen LogP contribution in [-0.4, -0.2) is 13.2 Å². The van der Waals surface area contributed by atoms with Crippen LogP contribution in [0.5, 0.6) is 5.75 Å². The van der Waals surface area contributed by atoms with Gasteiger partial charge in [0.15, 0.2) is 0 Å². The number of rotatable bonds is 3. The monoisotopic (exact) mass is 219 g/mol. The minimum Gasteiger partial charge on any atom is -0.496 e. The van der Waals surface area contributed by atoms with Crippen LogP contribution in [0.1, 0.15) is 50.3 Å². The smallest absolute Gasteiger partial charge is 0.123 e. The zero-order valence-electron chi connectivity index (χ0n) is 10.6. The first-order chi connectivity index (χ1) is 7.61. The zero-order valence-corrected chi connectivity index (χ0v) is 10.6. The first kappa shape index (κ1) is 11.5. The predicted octanol–water partition coefficient (Wildman–Crippen LogP) is 3.24. The van der Waals surface area contributed by atoms with Crippen molar-refractivity contribution in [3.63, 3.8) is 0 Å². The first-order valence-electron chi connectivity index (χ1n) is 6.05. The molecule has 2 heteroatoms. The summed E-state index contributed by atoms with van der Waals surface area (Å²) in [6.07, 6.45) is 1.21. The average Bonchev–Trinajstić information content (AvgIpc) is 2.24. The Hall–Kier alpha value is -1.02. The van der Waals surface area contributed by atoms with Crippen molar-refractivity contribution >= 4 is 0 Å². The van der Waals surface area contributed by atoms with Crippen molar-refractivity contribution < 1.29 is 4.74 Å². The molecule has 1 saturated heterocycles. The fourth-order valence-electron chi connectivity index (χ4n) is 2.26. The van der Waals surface area contributed by atoms with E-state index >= 15 is 0 Å². The molecule has 1 aromatic rings. The Labute approximate surface area is 98.0 Å². The topological polar surface area (TPSA) is 21.3 Å². The highest BCUT2D eigenvalue weighted by atomic mass is 16.5. The third-order valence-corrected chi connectivity index (χ3v) is 3.37. The second kappa shape index (κ2) is 4.46. The van der Waals surface area contributed by atoms with E-state index in [9.17, 15) is 0 Å². The molecule has 88 valence electrons. The van der Waals surface area contributed by atoms with E-state index < -0.39 is 0 Å². The second-order valence-corrected chi connectivity index (χ2v) is 5.01. The number of hydrogen-bond donors (Lipinski definition) is 1. The van der Waals surface area contributed by atoms with Crippen molar-refractivity contribution in [3.8, 4) is 5.75 Å². The van der Waals surface area contributed by atoms with Gasteiger partial charge < -0.3 is 10.1 Å². The van der Waals surface area contributed by atoms with E-state index in [1.165, 1.54) is 17.5 Å². The maximum absolute atomic E-state index is 5.49. The molecule has 1 heterocycles. The number of methoxy groups -OCH3 is 1. The Morgan fingerprint density at radius 1 is 1.38 bits per heavy atom. The molecule has 0 aromatic heterocycles. The molecule has 0 amide bonds. The van der Waals surface area contributed by atoms with Crippen molar-refractivity contribution in [2.75, 3.05) is 7.11 Å². The van der Waals surface area contributed by atoms with E-state index in [0.717, 1.165) is 5.75 Å². The van der Waals surface area contributed by atoms with Crippen molar-refractivity contribution in [3.05, 3.63) is 29.3 Å². The second-order valence-electron chi connectivity index (χ2n) is 5.01. The lowest BCUT2D eigenvalue weighted by molar-refractivity contribution is 0.278. The summed E-state index contributed by atoms with van der Waals surface area (Å²) in [6.45, 7) is 6.63. The van der Waals surface area contributed by atoms with Crippen LogP contribution in [-0.2, 0) is 0 Å². The van der Waals surface area contributed by atoms with Gasteiger partial charge in [0.05, 0.1) is 7.11 Å². The fourth-order valence-corrected chi connectivity index (χ4v) is 2.26. The van der Waals surface area contributed by atoms with E-state index in [-0.39, 0.29) is 0 Å². The molecular formula is C14H21NO. The van der Waals surface area contributed by atoms with E-state index in [1.807, 2.05) is 0 Å². The van der Waals surface area contributed by atoms with Crippen LogP contribution in [0.15, 0.2) is 18.2 Å². The van der Waals surface area contributed by atoms with Gasteiger partial charge in [-0.05, 0) is 30.9 Å². The summed E-state index contributed by atoms with van der Waals surface area (Å²) in [5, 5.41) is 3.50. The predicted molar refractivity (Wildman–Crippen MR) is 67.0 cm³/mol. The van der Waals surface area contributed by atoms with E-state index in [2.05, 4.69) is 44.3 Å². The first-order valence-corrected chi connectivity index (χ1v) is 6.05. The lowest BCUT2D eigenvalue weighted by Gasteiger charge is -2.36. The van der Waals surface area contributed by atoms with Gasteiger partial charge in [-0.1, -0.05) is 26.0 Å². The number of hydrogen-bond acceptors (Lipinski definition) is 2. The standard InChI is InChI=1S/C14H21NO/c1-9(2)11-5-6-12(14(8-11)16-4)13-7-10(3)15-13/h5-6,8-10,13,15H,7H2,1-4H3. The largest absolute Gasteiger partial charge is 0.496 e. The highest BCUT2D eigenvalue weighted by molar-refractivity contribution is 5.41. The van der Waals surface area contributed by atoms with Gasteiger partial charge in [-0.15, -0.1) is 0 Å². The van der Waals surface area contributed by atoms with Crippen molar-refractivity contribution in [2.45, 2.75) is 45.2 Å². The molecule has 0 aliphatic carbocycles. The van der Waals surface area contributed by atoms with E-state index in [1.54, 1.807) is 7.11 Å². The van der Waals surface area contributed by atoms with E-state index in [4.69, 9.17) is 4.74 Å². The third-order valence-electron chi connectivity index (χ3n) is 3.37. The van der Waals surface area contributed by atoms with Gasteiger partial charge >= 0.3 is 0 Å². The lowest BCUT2D eigenvalue weighted by atomic mass is 9.89. The highest BCUT2D eigenvalue weighted by Gasteiger charge is 2.28. The molecule has 2 rings (SSSR count). The normalized spacial score (nSPS) is 24.3. The third kappa shape index (κ3) is 2.07. The molecule has 1 N–H and O–H groups in total. The Kier molecular flexibility index (Phi) is 3.20. The lowest BCUT2D eigenvalue weighted by Crippen LogP contribution is -2.43. The fraction of sp³-hybridized carbons (Fsp3) is 0.571. The summed E-state index contributed by atoms with van der Waals surface area (Å²) in [5.41, 5.74) is 2.64. The molecule has 0 spiro atoms. The molecule has 1 aliphatic heterocycles. The van der Waals surface area contributed by atoms with Gasteiger partial charge in [-0.2, -0.15) is 0 Å². The van der Waals surface area contributed by atoms with Crippen LogP contribution in [0.2, 0.25) is 0 Å². The SMILES string of the molecule is COc1cc(C(C)C)ccc1C1CC(C)N1. The summed E-state index contributed by atoms with van der Waals surface area (Å²) in [6, 6.07) is 7.71. The van der Waals surface area contributed by atoms with Crippen LogP contribution in [0.25, 0.3) is 0 Å². The maximum Gasteiger partial charge on any atom is 0.123 e. The van der Waals surface area contributed by atoms with Crippen LogP contribution in [0.4, 0.5) is 0 Å². The Balaban J connectivity index is 2.25. The molecule has 1 aliphatic rings. The van der Waals surface area contributed by atoms with Gasteiger partial charge in [0.2, 0.25) is 0 Å². The Bertz CT molecular complexity index is 367. The highest BCUT2D eigenvalue weighted by Crippen LogP contribution is 2.35. The molecule has 0 radical (unpaired) electrons. The van der Waals surface area contributed by atoms with Gasteiger partial charge in [0.1, 0.15) is 5.75 Å². The molecule has 2 unspecified atom stereocenters. The molecular weight excluding hydrogens is 198 g/mol. The Morgan fingerprint density at radius 3 is 2.56 bits per heavy atom. The molecule has 2 nitrogen and oxygen atoms in total. The van der Waals surface area contributed by atoms with Crippen molar-refractivity contribution in [1.29, 1.82) is 0 Å². The van der Waals surface area contributed by atoms with Crippen LogP contribution >= 0.6 is 0 Å². The number of nitrogens with one attached hydrogen (secondary N) is 1. The maximum atomic E-state index is 5.49.